The summed E-state index contributed by atoms with van der Waals surface area (Å²) in [5.41, 5.74) is 1.04. The van der Waals surface area contributed by atoms with Crippen molar-refractivity contribution in [2.24, 2.45) is 0 Å². The van der Waals surface area contributed by atoms with Crippen LogP contribution < -0.4 is 0 Å². The molecule has 0 aliphatic rings. The molecule has 11 heavy (non-hydrogen) atoms. The van der Waals surface area contributed by atoms with E-state index in [9.17, 15) is 0 Å². The van der Waals surface area contributed by atoms with Crippen molar-refractivity contribution >= 4 is 85.6 Å². The van der Waals surface area contributed by atoms with E-state index in [0.29, 0.717) is 0 Å². The fourth-order valence-corrected chi connectivity index (χ4v) is 1.97. The quantitative estimate of drug-likeness (QED) is 0.514. The molecule has 4 heteroatoms. The normalized spacial score (nSPS) is 9.55. The van der Waals surface area contributed by atoms with Crippen LogP contribution in [0.3, 0.4) is 0 Å². The second kappa shape index (κ2) is 4.37. The topological polar surface area (TPSA) is 12.9 Å². The molecule has 0 saturated carbocycles. The fourth-order valence-electron chi connectivity index (χ4n) is 0.860. The fraction of sp³-hybridized carbons (Fsp3) is 0. The van der Waals surface area contributed by atoms with Crippen molar-refractivity contribution in [3.8, 4) is 0 Å². The molecule has 0 saturated heterocycles. The molecule has 0 unspecified atom stereocenters. The Labute approximate surface area is 117 Å². The number of para-hydroxylation sites is 1. The van der Waals surface area contributed by atoms with E-state index in [1.165, 1.54) is 4.70 Å². The molecule has 1 aromatic carbocycles. The minimum absolute atomic E-state index is 0. The zero-order valence-corrected chi connectivity index (χ0v) is 6.82. The van der Waals surface area contributed by atoms with Gasteiger partial charge in [0.05, 0.1) is 10.2 Å². The first-order valence-electron chi connectivity index (χ1n) is 2.91. The van der Waals surface area contributed by atoms with Crippen LogP contribution in [0.5, 0.6) is 0 Å². The Balaban J connectivity index is 0.000000605. The predicted octanol–water partition coefficient (Wildman–Crippen LogP) is 1.94. The van der Waals surface area contributed by atoms with Crippen LogP contribution in [-0.2, 0) is 0 Å². The van der Waals surface area contributed by atoms with Crippen LogP contribution in [0.1, 0.15) is 0 Å². The average molecular weight is 207 g/mol. The van der Waals surface area contributed by atoms with Crippen LogP contribution in [0.25, 0.3) is 10.2 Å². The van der Waals surface area contributed by atoms with E-state index in [1.807, 2.05) is 24.3 Å². The Morgan fingerprint density at radius 1 is 1.27 bits per heavy atom. The van der Waals surface area contributed by atoms with Gasteiger partial charge >= 0.3 is 51.4 Å². The maximum atomic E-state index is 4.20. The molecule has 0 N–H and O–H groups in total. The van der Waals surface area contributed by atoms with Gasteiger partial charge in [-0.25, -0.2) is 4.98 Å². The van der Waals surface area contributed by atoms with Crippen LogP contribution in [0.4, 0.5) is 0 Å². The standard InChI is InChI=1S/C7H5NS2.K.H/c9-7-8-5-3-1-2-4-6(5)10-7;;/h1-4H,(H,8,9);;. The number of rotatable bonds is 0. The minimum atomic E-state index is 0. The van der Waals surface area contributed by atoms with Crippen molar-refractivity contribution in [3.63, 3.8) is 0 Å². The summed E-state index contributed by atoms with van der Waals surface area (Å²) in [6.45, 7) is 0. The Morgan fingerprint density at radius 3 is 2.73 bits per heavy atom. The number of thiol groups is 1. The third-order valence-corrected chi connectivity index (χ3v) is 2.50. The molecule has 1 nitrogen and oxygen atoms in total. The van der Waals surface area contributed by atoms with E-state index in [-0.39, 0.29) is 51.4 Å². The van der Waals surface area contributed by atoms with E-state index in [2.05, 4.69) is 17.6 Å². The number of nitrogens with zero attached hydrogens (tertiary/aromatic N) is 1. The van der Waals surface area contributed by atoms with E-state index >= 15 is 0 Å². The van der Waals surface area contributed by atoms with Gasteiger partial charge in [0.15, 0.2) is 0 Å². The van der Waals surface area contributed by atoms with Gasteiger partial charge in [0, 0.05) is 0 Å². The molecule has 2 aromatic rings. The van der Waals surface area contributed by atoms with Gasteiger partial charge in [-0.1, -0.05) is 12.1 Å². The van der Waals surface area contributed by atoms with Gasteiger partial charge in [-0.3, -0.25) is 0 Å². The van der Waals surface area contributed by atoms with Crippen molar-refractivity contribution in [1.29, 1.82) is 0 Å². The van der Waals surface area contributed by atoms with Crippen LogP contribution in [0.2, 0.25) is 0 Å². The second-order valence-corrected chi connectivity index (χ2v) is 3.72. The number of hydrogen-bond donors (Lipinski definition) is 1. The molecule has 1 heterocycles. The van der Waals surface area contributed by atoms with E-state index in [0.717, 1.165) is 9.86 Å². The van der Waals surface area contributed by atoms with E-state index in [4.69, 9.17) is 0 Å². The molecule has 2 rings (SSSR count). The summed E-state index contributed by atoms with van der Waals surface area (Å²) in [5.74, 6) is 0. The van der Waals surface area contributed by atoms with E-state index < -0.39 is 0 Å². The van der Waals surface area contributed by atoms with Crippen LogP contribution >= 0.6 is 24.0 Å². The van der Waals surface area contributed by atoms with Crippen LogP contribution in [0.15, 0.2) is 28.6 Å². The van der Waals surface area contributed by atoms with Gasteiger partial charge in [-0.05, 0) is 12.1 Å². The zero-order valence-electron chi connectivity index (χ0n) is 5.11. The van der Waals surface area contributed by atoms with E-state index in [1.54, 1.807) is 11.3 Å². The van der Waals surface area contributed by atoms with Crippen molar-refractivity contribution < 1.29 is 0 Å². The summed E-state index contributed by atoms with van der Waals surface area (Å²) >= 11 is 5.76. The van der Waals surface area contributed by atoms with Crippen molar-refractivity contribution in [1.82, 2.24) is 4.98 Å². The van der Waals surface area contributed by atoms with Gasteiger partial charge in [0.25, 0.3) is 0 Å². The zero-order chi connectivity index (χ0) is 6.97. The second-order valence-electron chi connectivity index (χ2n) is 1.96. The Kier molecular flexibility index (Phi) is 4.04. The number of hydrogen-bond acceptors (Lipinski definition) is 3. The van der Waals surface area contributed by atoms with Crippen molar-refractivity contribution in [2.75, 3.05) is 0 Å². The molecule has 0 atom stereocenters. The summed E-state index contributed by atoms with van der Waals surface area (Å²) in [7, 11) is 0. The van der Waals surface area contributed by atoms with Crippen molar-refractivity contribution in [3.05, 3.63) is 24.3 Å². The van der Waals surface area contributed by atoms with Gasteiger partial charge in [-0.2, -0.15) is 0 Å². The molecule has 0 aliphatic heterocycles. The molecule has 0 spiro atoms. The summed E-state index contributed by atoms with van der Waals surface area (Å²) in [6, 6.07) is 8.03. The van der Waals surface area contributed by atoms with Crippen LogP contribution in [0, 0.1) is 0 Å². The molecule has 0 bridgehead atoms. The summed E-state index contributed by atoms with van der Waals surface area (Å²) in [5, 5.41) is 0. The molecule has 0 aliphatic carbocycles. The summed E-state index contributed by atoms with van der Waals surface area (Å²) in [6.07, 6.45) is 0. The Hall–Kier alpha value is 1.10. The molecule has 0 amide bonds. The predicted molar refractivity (Wildman–Crippen MR) is 54.0 cm³/mol. The first kappa shape index (κ1) is 10.2. The van der Waals surface area contributed by atoms with Crippen molar-refractivity contribution in [2.45, 2.75) is 4.34 Å². The van der Waals surface area contributed by atoms with Crippen LogP contribution in [-0.4, -0.2) is 56.4 Å². The number of fused-ring (bicyclic) bond motifs is 1. The maximum absolute atomic E-state index is 4.20. The summed E-state index contributed by atoms with van der Waals surface area (Å²) < 4.78 is 2.04. The summed E-state index contributed by atoms with van der Waals surface area (Å²) in [4.78, 5) is 4.20. The van der Waals surface area contributed by atoms with Gasteiger partial charge in [-0.15, -0.1) is 24.0 Å². The monoisotopic (exact) mass is 207 g/mol. The molecule has 1 aromatic heterocycles. The van der Waals surface area contributed by atoms with Gasteiger partial charge in [0.1, 0.15) is 4.34 Å². The Bertz CT molecular complexity index is 325. The number of aromatic nitrogens is 1. The third kappa shape index (κ3) is 2.27. The van der Waals surface area contributed by atoms with Gasteiger partial charge < -0.3 is 0 Å². The molecular weight excluding hydrogens is 201 g/mol. The first-order valence-corrected chi connectivity index (χ1v) is 4.17. The SMILES string of the molecule is Sc1nc2ccccc2s1.[KH]. The number of thiazole rings is 1. The molecule has 0 radical (unpaired) electrons. The van der Waals surface area contributed by atoms with Gasteiger partial charge in [0.2, 0.25) is 0 Å². The molecular formula is C7H6KNS2. The Morgan fingerprint density at radius 2 is 2.00 bits per heavy atom. The number of benzene rings is 1. The molecule has 0 fully saturated rings. The average Bonchev–Trinajstić information content (AvgIpc) is 2.27. The third-order valence-electron chi connectivity index (χ3n) is 1.28. The molecule has 52 valence electrons. The first-order chi connectivity index (χ1) is 4.86.